The lowest BCUT2D eigenvalue weighted by Crippen LogP contribution is -2.46. The molecule has 0 radical (unpaired) electrons. The molecule has 2 aromatic rings. The second kappa shape index (κ2) is 6.62. The molecule has 1 aliphatic heterocycles. The van der Waals surface area contributed by atoms with E-state index in [1.165, 1.54) is 0 Å². The number of alkyl halides is 3. The Labute approximate surface area is 140 Å². The third-order valence-corrected chi connectivity index (χ3v) is 4.84. The number of thiazole rings is 1. The van der Waals surface area contributed by atoms with Crippen molar-refractivity contribution in [3.8, 4) is 0 Å². The molecule has 1 fully saturated rings. The number of piperazine rings is 1. The third-order valence-electron chi connectivity index (χ3n) is 3.68. The monoisotopic (exact) mass is 362 g/mol. The summed E-state index contributed by atoms with van der Waals surface area (Å²) in [6.45, 7) is 3.68. The van der Waals surface area contributed by atoms with E-state index in [1.807, 2.05) is 5.38 Å². The maximum absolute atomic E-state index is 12.6. The molecule has 3 heterocycles. The maximum atomic E-state index is 12.6. The van der Waals surface area contributed by atoms with Crippen molar-refractivity contribution in [1.29, 1.82) is 0 Å². The van der Waals surface area contributed by atoms with Gasteiger partial charge in [0.1, 0.15) is 0 Å². The van der Waals surface area contributed by atoms with Gasteiger partial charge in [-0.2, -0.15) is 13.2 Å². The van der Waals surface area contributed by atoms with Crippen LogP contribution in [-0.2, 0) is 12.7 Å². The van der Waals surface area contributed by atoms with Crippen LogP contribution < -0.4 is 4.90 Å². The van der Waals surface area contributed by atoms with Crippen molar-refractivity contribution >= 4 is 28.1 Å². The van der Waals surface area contributed by atoms with Crippen LogP contribution in [0.5, 0.6) is 0 Å². The Morgan fingerprint density at radius 1 is 1.17 bits per heavy atom. The Bertz CT molecular complexity index is 655. The van der Waals surface area contributed by atoms with Crippen LogP contribution >= 0.6 is 22.9 Å². The summed E-state index contributed by atoms with van der Waals surface area (Å²) in [4.78, 5) is 12.5. The zero-order chi connectivity index (χ0) is 16.4. The lowest BCUT2D eigenvalue weighted by atomic mass is 10.2. The first kappa shape index (κ1) is 16.5. The summed E-state index contributed by atoms with van der Waals surface area (Å²) in [5, 5.41) is 2.99. The van der Waals surface area contributed by atoms with Gasteiger partial charge in [0.05, 0.1) is 16.3 Å². The summed E-state index contributed by atoms with van der Waals surface area (Å²) in [7, 11) is 0. The minimum absolute atomic E-state index is 0.0576. The summed E-state index contributed by atoms with van der Waals surface area (Å²) < 4.78 is 37.8. The predicted molar refractivity (Wildman–Crippen MR) is 83.9 cm³/mol. The highest BCUT2D eigenvalue weighted by atomic mass is 35.5. The van der Waals surface area contributed by atoms with Gasteiger partial charge in [0.15, 0.2) is 5.13 Å². The fourth-order valence-corrected chi connectivity index (χ4v) is 3.34. The zero-order valence-corrected chi connectivity index (χ0v) is 13.6. The highest BCUT2D eigenvalue weighted by Crippen LogP contribution is 2.31. The Morgan fingerprint density at radius 3 is 2.48 bits per heavy atom. The van der Waals surface area contributed by atoms with E-state index in [4.69, 9.17) is 11.6 Å². The van der Waals surface area contributed by atoms with E-state index in [9.17, 15) is 13.2 Å². The van der Waals surface area contributed by atoms with Crippen LogP contribution in [0.1, 0.15) is 11.3 Å². The molecule has 23 heavy (non-hydrogen) atoms. The highest BCUT2D eigenvalue weighted by Gasteiger charge is 2.31. The number of halogens is 4. The van der Waals surface area contributed by atoms with Crippen molar-refractivity contribution in [2.75, 3.05) is 31.1 Å². The fourth-order valence-electron chi connectivity index (χ4n) is 2.42. The van der Waals surface area contributed by atoms with Gasteiger partial charge in [0.25, 0.3) is 0 Å². The van der Waals surface area contributed by atoms with Crippen molar-refractivity contribution in [3.05, 3.63) is 40.1 Å². The molecular weight excluding hydrogens is 349 g/mol. The van der Waals surface area contributed by atoms with Gasteiger partial charge in [-0.15, -0.1) is 11.3 Å². The molecule has 1 aliphatic rings. The maximum Gasteiger partial charge on any atom is 0.417 e. The first-order valence-corrected chi connectivity index (χ1v) is 8.27. The Balaban J connectivity index is 1.60. The van der Waals surface area contributed by atoms with Gasteiger partial charge < -0.3 is 4.90 Å². The minimum atomic E-state index is -4.42. The molecule has 0 aliphatic carbocycles. The zero-order valence-electron chi connectivity index (χ0n) is 12.1. The number of hydrogen-bond acceptors (Lipinski definition) is 5. The molecule has 1 saturated heterocycles. The normalized spacial score (nSPS) is 16.8. The molecule has 0 amide bonds. The molecule has 0 unspecified atom stereocenters. The Kier molecular flexibility index (Phi) is 4.74. The van der Waals surface area contributed by atoms with Gasteiger partial charge in [0.2, 0.25) is 0 Å². The predicted octanol–water partition coefficient (Wildman–Crippen LogP) is 3.53. The van der Waals surface area contributed by atoms with Crippen LogP contribution in [0.3, 0.4) is 0 Å². The van der Waals surface area contributed by atoms with Gasteiger partial charge in [-0.1, -0.05) is 11.6 Å². The number of nitrogens with zero attached hydrogens (tertiary/aromatic N) is 4. The molecule has 0 aromatic carbocycles. The van der Waals surface area contributed by atoms with Crippen molar-refractivity contribution in [3.63, 3.8) is 0 Å². The molecule has 9 heteroatoms. The van der Waals surface area contributed by atoms with Crippen LogP contribution in [0.2, 0.25) is 5.02 Å². The molecule has 0 saturated carbocycles. The van der Waals surface area contributed by atoms with E-state index in [0.29, 0.717) is 12.2 Å². The number of aromatic nitrogens is 2. The lowest BCUT2D eigenvalue weighted by Gasteiger charge is -2.34. The summed E-state index contributed by atoms with van der Waals surface area (Å²) in [5.41, 5.74) is -0.345. The standard InChI is InChI=1S/C14H14ClF3N4S/c15-11-7-10(14(16,17)18)8-20-12(11)9-21-2-4-22(5-3-21)13-19-1-6-23-13/h1,6-8H,2-5,9H2. The number of anilines is 1. The molecule has 4 nitrogen and oxygen atoms in total. The van der Waals surface area contributed by atoms with E-state index >= 15 is 0 Å². The first-order chi connectivity index (χ1) is 10.9. The average Bonchev–Trinajstić information content (AvgIpc) is 3.03. The van der Waals surface area contributed by atoms with E-state index in [1.54, 1.807) is 17.5 Å². The van der Waals surface area contributed by atoms with Gasteiger partial charge in [-0.05, 0) is 6.07 Å². The van der Waals surface area contributed by atoms with Gasteiger partial charge in [0, 0.05) is 50.5 Å². The molecule has 0 spiro atoms. The van der Waals surface area contributed by atoms with Crippen LogP contribution in [0.4, 0.5) is 18.3 Å². The van der Waals surface area contributed by atoms with Crippen LogP contribution in [-0.4, -0.2) is 41.0 Å². The van der Waals surface area contributed by atoms with Crippen LogP contribution in [0.15, 0.2) is 23.8 Å². The smallest absolute Gasteiger partial charge is 0.346 e. The molecule has 0 atom stereocenters. The van der Waals surface area contributed by atoms with Gasteiger partial charge >= 0.3 is 6.18 Å². The van der Waals surface area contributed by atoms with Crippen molar-refractivity contribution in [2.24, 2.45) is 0 Å². The number of pyridine rings is 1. The summed E-state index contributed by atoms with van der Waals surface area (Å²) in [6, 6.07) is 0.940. The number of hydrogen-bond donors (Lipinski definition) is 0. The largest absolute Gasteiger partial charge is 0.417 e. The van der Waals surface area contributed by atoms with Crippen molar-refractivity contribution in [1.82, 2.24) is 14.9 Å². The third kappa shape index (κ3) is 3.94. The second-order valence-electron chi connectivity index (χ2n) is 5.23. The van der Waals surface area contributed by atoms with E-state index in [2.05, 4.69) is 19.8 Å². The van der Waals surface area contributed by atoms with Crippen LogP contribution in [0.25, 0.3) is 0 Å². The Morgan fingerprint density at radius 2 is 1.91 bits per heavy atom. The minimum Gasteiger partial charge on any atom is -0.346 e. The summed E-state index contributed by atoms with van der Waals surface area (Å²) in [5.74, 6) is 0. The van der Waals surface area contributed by atoms with Crippen LogP contribution in [0, 0.1) is 0 Å². The summed E-state index contributed by atoms with van der Waals surface area (Å²) >= 11 is 7.55. The molecule has 0 bridgehead atoms. The van der Waals surface area contributed by atoms with E-state index in [0.717, 1.165) is 43.6 Å². The molecule has 124 valence electrons. The number of rotatable bonds is 3. The Hall–Kier alpha value is -1.38. The summed E-state index contributed by atoms with van der Waals surface area (Å²) in [6.07, 6.45) is -1.81. The topological polar surface area (TPSA) is 32.3 Å². The SMILES string of the molecule is FC(F)(F)c1cnc(CN2CCN(c3nccs3)CC2)c(Cl)c1. The van der Waals surface area contributed by atoms with Crippen molar-refractivity contribution in [2.45, 2.75) is 12.7 Å². The lowest BCUT2D eigenvalue weighted by molar-refractivity contribution is -0.137. The molecule has 0 N–H and O–H groups in total. The van der Waals surface area contributed by atoms with E-state index in [-0.39, 0.29) is 5.02 Å². The second-order valence-corrected chi connectivity index (χ2v) is 6.51. The first-order valence-electron chi connectivity index (χ1n) is 7.02. The van der Waals surface area contributed by atoms with Crippen molar-refractivity contribution < 1.29 is 13.2 Å². The van der Waals surface area contributed by atoms with E-state index < -0.39 is 11.7 Å². The quantitative estimate of drug-likeness (QED) is 0.836. The fraction of sp³-hybridized carbons (Fsp3) is 0.429. The average molecular weight is 363 g/mol. The van der Waals surface area contributed by atoms with Gasteiger partial charge in [-0.3, -0.25) is 9.88 Å². The van der Waals surface area contributed by atoms with Gasteiger partial charge in [-0.25, -0.2) is 4.98 Å². The highest BCUT2D eigenvalue weighted by molar-refractivity contribution is 7.13. The molecule has 3 rings (SSSR count). The molecular formula is C14H14ClF3N4S. The molecule has 2 aromatic heterocycles.